The summed E-state index contributed by atoms with van der Waals surface area (Å²) in [7, 11) is 3.85. The van der Waals surface area contributed by atoms with Crippen molar-refractivity contribution in [3.8, 4) is 0 Å². The molecule has 1 saturated carbocycles. The van der Waals surface area contributed by atoms with Crippen molar-refractivity contribution < 1.29 is 9.84 Å². The number of ether oxygens (including phenoxy) is 1. The largest absolute Gasteiger partial charge is 0.396 e. The fourth-order valence-electron chi connectivity index (χ4n) is 3.89. The number of hydrogen-bond acceptors (Lipinski definition) is 6. The Morgan fingerprint density at radius 2 is 2.04 bits per heavy atom. The molecule has 1 aromatic rings. The third kappa shape index (κ3) is 4.49. The molecule has 0 amide bonds. The zero-order valence-electron chi connectivity index (χ0n) is 15.8. The SMILES string of the molecule is COCCN(C)C[C@@H]1CN(c2nc(C)cc(C3CCC3)n2)C[C@@H]1CO. The summed E-state index contributed by atoms with van der Waals surface area (Å²) in [6, 6.07) is 2.14. The molecule has 0 aromatic carbocycles. The Hall–Kier alpha value is -1.24. The Labute approximate surface area is 151 Å². The van der Waals surface area contributed by atoms with Gasteiger partial charge < -0.3 is 19.6 Å². The third-order valence-electron chi connectivity index (χ3n) is 5.70. The van der Waals surface area contributed by atoms with Gasteiger partial charge in [0.15, 0.2) is 0 Å². The van der Waals surface area contributed by atoms with E-state index in [1.54, 1.807) is 7.11 Å². The summed E-state index contributed by atoms with van der Waals surface area (Å²) in [5.74, 6) is 2.18. The second-order valence-corrected chi connectivity index (χ2v) is 7.72. The summed E-state index contributed by atoms with van der Waals surface area (Å²) in [6.45, 7) is 6.65. The third-order valence-corrected chi connectivity index (χ3v) is 5.70. The zero-order valence-corrected chi connectivity index (χ0v) is 15.8. The highest BCUT2D eigenvalue weighted by atomic mass is 16.5. The maximum absolute atomic E-state index is 9.82. The molecule has 1 aliphatic heterocycles. The van der Waals surface area contributed by atoms with Crippen LogP contribution in [0.5, 0.6) is 0 Å². The van der Waals surface area contributed by atoms with Gasteiger partial charge in [0.05, 0.1) is 6.61 Å². The van der Waals surface area contributed by atoms with Gasteiger partial charge in [-0.3, -0.25) is 0 Å². The normalized spacial score (nSPS) is 24.1. The van der Waals surface area contributed by atoms with E-state index >= 15 is 0 Å². The molecule has 25 heavy (non-hydrogen) atoms. The Bertz CT molecular complexity index is 564. The van der Waals surface area contributed by atoms with Gasteiger partial charge >= 0.3 is 0 Å². The Morgan fingerprint density at radius 1 is 1.28 bits per heavy atom. The summed E-state index contributed by atoms with van der Waals surface area (Å²) >= 11 is 0. The number of nitrogens with zero attached hydrogens (tertiary/aromatic N) is 4. The lowest BCUT2D eigenvalue weighted by Crippen LogP contribution is -2.33. The fraction of sp³-hybridized carbons (Fsp3) is 0.789. The first-order valence-corrected chi connectivity index (χ1v) is 9.49. The van der Waals surface area contributed by atoms with Gasteiger partial charge in [-0.05, 0) is 38.8 Å². The molecular weight excluding hydrogens is 316 g/mol. The number of aryl methyl sites for hydroxylation is 1. The van der Waals surface area contributed by atoms with E-state index < -0.39 is 0 Å². The van der Waals surface area contributed by atoms with Crippen molar-refractivity contribution in [1.82, 2.24) is 14.9 Å². The van der Waals surface area contributed by atoms with Crippen LogP contribution in [0.15, 0.2) is 6.07 Å². The van der Waals surface area contributed by atoms with Gasteiger partial charge in [-0.2, -0.15) is 0 Å². The molecule has 1 saturated heterocycles. The number of methoxy groups -OCH3 is 1. The zero-order chi connectivity index (χ0) is 17.8. The fourth-order valence-corrected chi connectivity index (χ4v) is 3.89. The Balaban J connectivity index is 1.68. The van der Waals surface area contributed by atoms with E-state index in [1.807, 2.05) is 0 Å². The van der Waals surface area contributed by atoms with E-state index in [0.29, 0.717) is 11.8 Å². The maximum atomic E-state index is 9.82. The molecule has 0 unspecified atom stereocenters. The van der Waals surface area contributed by atoms with Gasteiger partial charge in [-0.15, -0.1) is 0 Å². The first kappa shape index (κ1) is 18.5. The van der Waals surface area contributed by atoms with Gasteiger partial charge in [0.25, 0.3) is 0 Å². The van der Waals surface area contributed by atoms with E-state index in [9.17, 15) is 5.11 Å². The van der Waals surface area contributed by atoms with Crippen LogP contribution in [0.3, 0.4) is 0 Å². The highest BCUT2D eigenvalue weighted by Crippen LogP contribution is 2.36. The van der Waals surface area contributed by atoms with Gasteiger partial charge in [0, 0.05) is 63.1 Å². The first-order valence-electron chi connectivity index (χ1n) is 9.49. The van der Waals surface area contributed by atoms with Crippen LogP contribution in [-0.2, 0) is 4.74 Å². The summed E-state index contributed by atoms with van der Waals surface area (Å²) < 4.78 is 5.16. The lowest BCUT2D eigenvalue weighted by Gasteiger charge is -2.26. The van der Waals surface area contributed by atoms with Crippen LogP contribution in [-0.4, -0.2) is 73.5 Å². The van der Waals surface area contributed by atoms with Crippen LogP contribution in [0.1, 0.15) is 36.6 Å². The van der Waals surface area contributed by atoms with Crippen molar-refractivity contribution in [2.45, 2.75) is 32.1 Å². The van der Waals surface area contributed by atoms with Crippen molar-refractivity contribution in [2.24, 2.45) is 11.8 Å². The minimum atomic E-state index is 0.223. The van der Waals surface area contributed by atoms with Crippen LogP contribution in [0.25, 0.3) is 0 Å². The van der Waals surface area contributed by atoms with E-state index in [4.69, 9.17) is 9.72 Å². The van der Waals surface area contributed by atoms with E-state index in [0.717, 1.165) is 44.4 Å². The quantitative estimate of drug-likeness (QED) is 0.771. The van der Waals surface area contributed by atoms with Crippen LogP contribution in [0.4, 0.5) is 5.95 Å². The summed E-state index contributed by atoms with van der Waals surface area (Å²) in [5.41, 5.74) is 2.25. The molecule has 1 aromatic heterocycles. The summed E-state index contributed by atoms with van der Waals surface area (Å²) in [5, 5.41) is 9.82. The van der Waals surface area contributed by atoms with Crippen molar-refractivity contribution in [2.75, 3.05) is 58.5 Å². The molecule has 2 aliphatic rings. The van der Waals surface area contributed by atoms with Gasteiger partial charge in [0.2, 0.25) is 5.95 Å². The number of aromatic nitrogens is 2. The van der Waals surface area contributed by atoms with Crippen LogP contribution in [0.2, 0.25) is 0 Å². The van der Waals surface area contributed by atoms with Crippen molar-refractivity contribution in [3.05, 3.63) is 17.5 Å². The van der Waals surface area contributed by atoms with Gasteiger partial charge in [-0.25, -0.2) is 9.97 Å². The molecule has 2 fully saturated rings. The lowest BCUT2D eigenvalue weighted by molar-refractivity contribution is 0.136. The molecule has 2 atom stereocenters. The number of likely N-dealkylation sites (N-methyl/N-ethyl adjacent to an activating group) is 1. The topological polar surface area (TPSA) is 61.7 Å². The van der Waals surface area contributed by atoms with Crippen LogP contribution < -0.4 is 4.90 Å². The molecule has 140 valence electrons. The Kier molecular flexibility index (Phi) is 6.25. The maximum Gasteiger partial charge on any atom is 0.225 e. The van der Waals surface area contributed by atoms with E-state index in [2.05, 4.69) is 34.8 Å². The molecule has 3 rings (SSSR count). The predicted molar refractivity (Wildman–Crippen MR) is 99.0 cm³/mol. The highest BCUT2D eigenvalue weighted by molar-refractivity contribution is 5.35. The summed E-state index contributed by atoms with van der Waals surface area (Å²) in [4.78, 5) is 14.1. The lowest BCUT2D eigenvalue weighted by atomic mass is 9.83. The molecular formula is C19H32N4O2. The average Bonchev–Trinajstić information content (AvgIpc) is 2.93. The average molecular weight is 348 g/mol. The van der Waals surface area contributed by atoms with Crippen molar-refractivity contribution in [1.29, 1.82) is 0 Å². The molecule has 1 aliphatic carbocycles. The molecule has 0 radical (unpaired) electrons. The minimum Gasteiger partial charge on any atom is -0.396 e. The summed E-state index contributed by atoms with van der Waals surface area (Å²) in [6.07, 6.45) is 3.82. The van der Waals surface area contributed by atoms with E-state index in [-0.39, 0.29) is 12.5 Å². The smallest absolute Gasteiger partial charge is 0.225 e. The number of aliphatic hydroxyl groups is 1. The molecule has 2 heterocycles. The van der Waals surface area contributed by atoms with Crippen molar-refractivity contribution >= 4 is 5.95 Å². The molecule has 6 nitrogen and oxygen atoms in total. The predicted octanol–water partition coefficient (Wildman–Crippen LogP) is 1.68. The standard InChI is InChI=1S/C19H32N4O2/c1-14-9-18(15-5-4-6-15)21-19(20-14)23-11-16(17(12-23)13-24)10-22(2)7-8-25-3/h9,15-17,24H,4-8,10-13H2,1-3H3/t16-,17-/m1/s1. The minimum absolute atomic E-state index is 0.223. The molecule has 0 spiro atoms. The van der Waals surface area contributed by atoms with Crippen LogP contribution in [0, 0.1) is 18.8 Å². The van der Waals surface area contributed by atoms with Crippen LogP contribution >= 0.6 is 0 Å². The number of aliphatic hydroxyl groups excluding tert-OH is 1. The molecule has 6 heteroatoms. The Morgan fingerprint density at radius 3 is 2.68 bits per heavy atom. The second-order valence-electron chi connectivity index (χ2n) is 7.72. The van der Waals surface area contributed by atoms with Gasteiger partial charge in [0.1, 0.15) is 0 Å². The number of rotatable bonds is 8. The molecule has 1 N–H and O–H groups in total. The second kappa shape index (κ2) is 8.43. The number of anilines is 1. The van der Waals surface area contributed by atoms with E-state index in [1.165, 1.54) is 25.0 Å². The highest BCUT2D eigenvalue weighted by Gasteiger charge is 2.34. The number of hydrogen-bond donors (Lipinski definition) is 1. The van der Waals surface area contributed by atoms with Crippen molar-refractivity contribution in [3.63, 3.8) is 0 Å². The monoisotopic (exact) mass is 348 g/mol. The van der Waals surface area contributed by atoms with Gasteiger partial charge in [-0.1, -0.05) is 6.42 Å². The first-order chi connectivity index (χ1) is 12.1. The molecule has 0 bridgehead atoms.